The largest absolute Gasteiger partial charge is 0.461 e. The first-order chi connectivity index (χ1) is 10.1. The summed E-state index contributed by atoms with van der Waals surface area (Å²) < 4.78 is 5.02. The zero-order chi connectivity index (χ0) is 15.2. The van der Waals surface area contributed by atoms with Crippen molar-refractivity contribution in [3.63, 3.8) is 0 Å². The number of esters is 1. The van der Waals surface area contributed by atoms with Gasteiger partial charge in [0.1, 0.15) is 0 Å². The standard InChI is InChI=1S/C15H16N2O3S/c1-3-20-14(19)13-12(9-11-7-5-4-6-8-11)21-15(17-13)16-10(2)18/h4-8H,3,9H2,1-2H3,(H,16,17,18). The highest BCUT2D eigenvalue weighted by molar-refractivity contribution is 7.16. The Hall–Kier alpha value is -2.21. The number of amides is 1. The fraction of sp³-hybridized carbons (Fsp3) is 0.267. The molecule has 0 saturated carbocycles. The Morgan fingerprint density at radius 1 is 1.29 bits per heavy atom. The van der Waals surface area contributed by atoms with E-state index in [0.29, 0.717) is 11.6 Å². The van der Waals surface area contributed by atoms with Crippen LogP contribution in [0.4, 0.5) is 5.13 Å². The zero-order valence-corrected chi connectivity index (χ0v) is 12.7. The van der Waals surface area contributed by atoms with Crippen LogP contribution in [0.15, 0.2) is 30.3 Å². The van der Waals surface area contributed by atoms with Crippen molar-refractivity contribution in [3.8, 4) is 0 Å². The number of carbonyl (C=O) groups is 2. The van der Waals surface area contributed by atoms with E-state index in [4.69, 9.17) is 4.74 Å². The van der Waals surface area contributed by atoms with E-state index < -0.39 is 5.97 Å². The van der Waals surface area contributed by atoms with Crippen LogP contribution in [-0.2, 0) is 16.0 Å². The maximum Gasteiger partial charge on any atom is 0.358 e. The highest BCUT2D eigenvalue weighted by Crippen LogP contribution is 2.26. The third-order valence-corrected chi connectivity index (χ3v) is 3.63. The van der Waals surface area contributed by atoms with Gasteiger partial charge in [0.05, 0.1) is 6.61 Å². The minimum absolute atomic E-state index is 0.217. The number of thiazole rings is 1. The van der Waals surface area contributed by atoms with E-state index in [1.807, 2.05) is 30.3 Å². The number of hydrogen-bond donors (Lipinski definition) is 1. The molecule has 0 radical (unpaired) electrons. The lowest BCUT2D eigenvalue weighted by Crippen LogP contribution is -2.09. The number of benzene rings is 1. The maximum absolute atomic E-state index is 12.0. The molecule has 1 aromatic carbocycles. The van der Waals surface area contributed by atoms with Gasteiger partial charge >= 0.3 is 5.97 Å². The van der Waals surface area contributed by atoms with E-state index in [9.17, 15) is 9.59 Å². The van der Waals surface area contributed by atoms with E-state index >= 15 is 0 Å². The highest BCUT2D eigenvalue weighted by Gasteiger charge is 2.20. The molecule has 0 aliphatic carbocycles. The van der Waals surface area contributed by atoms with Gasteiger partial charge in [0.2, 0.25) is 5.91 Å². The van der Waals surface area contributed by atoms with Gasteiger partial charge in [0.15, 0.2) is 10.8 Å². The van der Waals surface area contributed by atoms with Gasteiger partial charge in [-0.05, 0) is 12.5 Å². The molecule has 21 heavy (non-hydrogen) atoms. The van der Waals surface area contributed by atoms with Crippen LogP contribution in [0, 0.1) is 0 Å². The summed E-state index contributed by atoms with van der Waals surface area (Å²) in [5.74, 6) is -0.679. The fourth-order valence-electron chi connectivity index (χ4n) is 1.82. The molecule has 0 spiro atoms. The molecule has 0 unspecified atom stereocenters. The number of anilines is 1. The van der Waals surface area contributed by atoms with Crippen LogP contribution in [0.1, 0.15) is 34.8 Å². The summed E-state index contributed by atoms with van der Waals surface area (Å²) in [5, 5.41) is 3.02. The molecule has 2 aromatic rings. The highest BCUT2D eigenvalue weighted by atomic mass is 32.1. The lowest BCUT2D eigenvalue weighted by atomic mass is 10.1. The molecular formula is C15H16N2O3S. The summed E-state index contributed by atoms with van der Waals surface area (Å²) in [7, 11) is 0. The average Bonchev–Trinajstić information content (AvgIpc) is 2.82. The molecule has 110 valence electrons. The summed E-state index contributed by atoms with van der Waals surface area (Å²) in [6.07, 6.45) is 0.576. The van der Waals surface area contributed by atoms with Crippen molar-refractivity contribution in [3.05, 3.63) is 46.5 Å². The molecule has 2 rings (SSSR count). The Labute approximate surface area is 127 Å². The Balaban J connectivity index is 2.30. The molecule has 6 heteroatoms. The second kappa shape index (κ2) is 6.99. The van der Waals surface area contributed by atoms with E-state index in [1.165, 1.54) is 18.3 Å². The third kappa shape index (κ3) is 4.13. The summed E-state index contributed by atoms with van der Waals surface area (Å²) in [6.45, 7) is 3.44. The maximum atomic E-state index is 12.0. The zero-order valence-electron chi connectivity index (χ0n) is 11.9. The molecule has 0 atom stereocenters. The Morgan fingerprint density at radius 3 is 2.62 bits per heavy atom. The lowest BCUT2D eigenvalue weighted by Gasteiger charge is -2.02. The normalized spacial score (nSPS) is 10.2. The Morgan fingerprint density at radius 2 is 2.00 bits per heavy atom. The van der Waals surface area contributed by atoms with Crippen molar-refractivity contribution < 1.29 is 14.3 Å². The number of nitrogens with one attached hydrogen (secondary N) is 1. The number of aromatic nitrogens is 1. The predicted molar refractivity (Wildman–Crippen MR) is 81.6 cm³/mol. The Bertz CT molecular complexity index is 638. The summed E-state index contributed by atoms with van der Waals surface area (Å²) in [4.78, 5) is 28.0. The molecule has 1 heterocycles. The number of nitrogens with zero attached hydrogens (tertiary/aromatic N) is 1. The quantitative estimate of drug-likeness (QED) is 0.862. The van der Waals surface area contributed by atoms with Gasteiger partial charge in [0.25, 0.3) is 0 Å². The minimum Gasteiger partial charge on any atom is -0.461 e. The number of ether oxygens (including phenoxy) is 1. The van der Waals surface area contributed by atoms with Gasteiger partial charge in [0, 0.05) is 18.2 Å². The van der Waals surface area contributed by atoms with Crippen molar-refractivity contribution in [2.24, 2.45) is 0 Å². The molecule has 0 aliphatic heterocycles. The number of rotatable bonds is 5. The van der Waals surface area contributed by atoms with Gasteiger partial charge in [-0.3, -0.25) is 4.79 Å². The molecule has 0 aliphatic rings. The van der Waals surface area contributed by atoms with Crippen molar-refractivity contribution in [2.75, 3.05) is 11.9 Å². The van der Waals surface area contributed by atoms with E-state index in [-0.39, 0.29) is 18.2 Å². The average molecular weight is 304 g/mol. The van der Waals surface area contributed by atoms with Gasteiger partial charge in [-0.15, -0.1) is 11.3 Å². The molecule has 0 bridgehead atoms. The monoisotopic (exact) mass is 304 g/mol. The molecule has 1 amide bonds. The van der Waals surface area contributed by atoms with Gasteiger partial charge in [-0.2, -0.15) is 0 Å². The van der Waals surface area contributed by atoms with Crippen molar-refractivity contribution >= 4 is 28.3 Å². The van der Waals surface area contributed by atoms with Crippen molar-refractivity contribution in [1.29, 1.82) is 0 Å². The number of carbonyl (C=O) groups excluding carboxylic acids is 2. The summed E-state index contributed by atoms with van der Waals surface area (Å²) in [5.41, 5.74) is 1.34. The van der Waals surface area contributed by atoms with Gasteiger partial charge in [-0.1, -0.05) is 30.3 Å². The lowest BCUT2D eigenvalue weighted by molar-refractivity contribution is -0.114. The van der Waals surface area contributed by atoms with Crippen molar-refractivity contribution in [1.82, 2.24) is 4.98 Å². The van der Waals surface area contributed by atoms with Crippen LogP contribution in [0.2, 0.25) is 0 Å². The first kappa shape index (κ1) is 15.2. The Kier molecular flexibility index (Phi) is 5.05. The first-order valence-electron chi connectivity index (χ1n) is 6.58. The molecule has 1 N–H and O–H groups in total. The third-order valence-electron chi connectivity index (χ3n) is 2.66. The molecule has 5 nitrogen and oxygen atoms in total. The van der Waals surface area contributed by atoms with Crippen LogP contribution >= 0.6 is 11.3 Å². The molecule has 0 fully saturated rings. The minimum atomic E-state index is -0.462. The van der Waals surface area contributed by atoms with Crippen molar-refractivity contribution in [2.45, 2.75) is 20.3 Å². The summed E-state index contributed by atoms with van der Waals surface area (Å²) >= 11 is 1.29. The van der Waals surface area contributed by atoms with Gasteiger partial charge < -0.3 is 10.1 Å². The fourth-order valence-corrected chi connectivity index (χ4v) is 2.85. The topological polar surface area (TPSA) is 68.3 Å². The molecule has 0 saturated heterocycles. The first-order valence-corrected chi connectivity index (χ1v) is 7.40. The van der Waals surface area contributed by atoms with E-state index in [2.05, 4.69) is 10.3 Å². The van der Waals surface area contributed by atoms with Crippen LogP contribution in [0.5, 0.6) is 0 Å². The summed E-state index contributed by atoms with van der Waals surface area (Å²) in [6, 6.07) is 9.77. The molecular weight excluding hydrogens is 288 g/mol. The smallest absolute Gasteiger partial charge is 0.358 e. The van der Waals surface area contributed by atoms with Crippen LogP contribution in [0.25, 0.3) is 0 Å². The van der Waals surface area contributed by atoms with Crippen LogP contribution in [0.3, 0.4) is 0 Å². The SMILES string of the molecule is CCOC(=O)c1nc(NC(C)=O)sc1Cc1ccccc1. The second-order valence-electron chi connectivity index (χ2n) is 4.35. The van der Waals surface area contributed by atoms with E-state index in [0.717, 1.165) is 10.4 Å². The second-order valence-corrected chi connectivity index (χ2v) is 5.44. The molecule has 1 aromatic heterocycles. The van der Waals surface area contributed by atoms with Crippen LogP contribution in [-0.4, -0.2) is 23.5 Å². The van der Waals surface area contributed by atoms with Crippen LogP contribution < -0.4 is 5.32 Å². The predicted octanol–water partition coefficient (Wildman–Crippen LogP) is 2.87. The van der Waals surface area contributed by atoms with E-state index in [1.54, 1.807) is 6.92 Å². The van der Waals surface area contributed by atoms with Gasteiger partial charge in [-0.25, -0.2) is 9.78 Å². The number of hydrogen-bond acceptors (Lipinski definition) is 5.